The lowest BCUT2D eigenvalue weighted by Gasteiger charge is -2.09. The number of fused-ring (bicyclic) bond motifs is 9. The van der Waals surface area contributed by atoms with E-state index in [1.165, 1.54) is 48.9 Å². The van der Waals surface area contributed by atoms with Crippen molar-refractivity contribution in [3.05, 3.63) is 67.0 Å². The van der Waals surface area contributed by atoms with E-state index in [0.29, 0.717) is 0 Å². The van der Waals surface area contributed by atoms with Gasteiger partial charge in [-0.25, -0.2) is 0 Å². The zero-order valence-electron chi connectivity index (χ0n) is 14.7. The molecule has 0 radical (unpaired) electrons. The Morgan fingerprint density at radius 3 is 2.46 bits per heavy atom. The van der Waals surface area contributed by atoms with Crippen molar-refractivity contribution in [1.82, 2.24) is 14.1 Å². The van der Waals surface area contributed by atoms with Gasteiger partial charge in [0.05, 0.1) is 11.0 Å². The van der Waals surface area contributed by atoms with Crippen LogP contribution in [0.4, 0.5) is 0 Å². The number of aryl methyl sites for hydroxylation is 2. The third kappa shape index (κ3) is 1.56. The molecule has 0 spiro atoms. The molecule has 0 amide bonds. The molecule has 6 aromatic rings. The lowest BCUT2D eigenvalue weighted by molar-refractivity contribution is 0.973. The molecule has 124 valence electrons. The molecule has 0 saturated carbocycles. The van der Waals surface area contributed by atoms with Crippen LogP contribution in [0.15, 0.2) is 67.0 Å². The van der Waals surface area contributed by atoms with Gasteiger partial charge in [-0.2, -0.15) is 0 Å². The van der Waals surface area contributed by atoms with Gasteiger partial charge < -0.3 is 9.13 Å². The molecular weight excluding hydrogens is 318 g/mol. The fraction of sp³-hybridized carbons (Fsp3) is 0.0870. The topological polar surface area (TPSA) is 22.8 Å². The largest absolute Gasteiger partial charge is 0.350 e. The summed E-state index contributed by atoms with van der Waals surface area (Å²) in [5.41, 5.74) is 4.86. The summed E-state index contributed by atoms with van der Waals surface area (Å²) in [6.07, 6.45) is 4.02. The number of aromatic nitrogens is 3. The van der Waals surface area contributed by atoms with Gasteiger partial charge in [0.2, 0.25) is 0 Å². The molecule has 0 bridgehead atoms. The maximum Gasteiger partial charge on any atom is 0.0802 e. The van der Waals surface area contributed by atoms with Crippen LogP contribution in [-0.2, 0) is 14.1 Å². The highest BCUT2D eigenvalue weighted by Crippen LogP contribution is 2.38. The van der Waals surface area contributed by atoms with Crippen LogP contribution in [-0.4, -0.2) is 14.1 Å². The van der Waals surface area contributed by atoms with Crippen molar-refractivity contribution in [3.8, 4) is 0 Å². The second-order valence-corrected chi connectivity index (χ2v) is 7.08. The van der Waals surface area contributed by atoms with Gasteiger partial charge in [-0.1, -0.05) is 24.3 Å². The number of benzene rings is 3. The van der Waals surface area contributed by atoms with Crippen LogP contribution in [0.25, 0.3) is 54.4 Å². The van der Waals surface area contributed by atoms with Crippen molar-refractivity contribution in [2.45, 2.75) is 0 Å². The van der Waals surface area contributed by atoms with E-state index < -0.39 is 0 Å². The summed E-state index contributed by atoms with van der Waals surface area (Å²) in [5.74, 6) is 0. The Morgan fingerprint density at radius 2 is 1.54 bits per heavy atom. The predicted octanol–water partition coefficient (Wildman–Crippen LogP) is 5.52. The van der Waals surface area contributed by atoms with Crippen LogP contribution < -0.4 is 0 Å². The molecule has 3 aromatic carbocycles. The Kier molecular flexibility index (Phi) is 2.48. The van der Waals surface area contributed by atoms with E-state index in [4.69, 9.17) is 4.98 Å². The van der Waals surface area contributed by atoms with Crippen LogP contribution in [0.3, 0.4) is 0 Å². The lowest BCUT2D eigenvalue weighted by atomic mass is 9.99. The molecule has 6 rings (SSSR count). The predicted molar refractivity (Wildman–Crippen MR) is 110 cm³/mol. The number of para-hydroxylation sites is 1. The van der Waals surface area contributed by atoms with Gasteiger partial charge in [0.25, 0.3) is 0 Å². The standard InChI is InChI=1S/C23H17N3/c1-25-11-9-16-22-15(7-5-10-24-22)17-13-21-18(12-19(17)23(16)25)14-6-3-4-8-20(14)26(21)2/h3-13H,1-2H3. The second-order valence-electron chi connectivity index (χ2n) is 7.08. The normalized spacial score (nSPS) is 12.2. The third-order valence-electron chi connectivity index (χ3n) is 5.73. The summed E-state index contributed by atoms with van der Waals surface area (Å²) in [6.45, 7) is 0. The first-order chi connectivity index (χ1) is 12.7. The monoisotopic (exact) mass is 335 g/mol. The van der Waals surface area contributed by atoms with Crippen molar-refractivity contribution in [2.75, 3.05) is 0 Å². The summed E-state index contributed by atoms with van der Waals surface area (Å²) >= 11 is 0. The van der Waals surface area contributed by atoms with E-state index in [-0.39, 0.29) is 0 Å². The molecule has 0 N–H and O–H groups in total. The molecule has 0 aliphatic carbocycles. The van der Waals surface area contributed by atoms with E-state index in [1.54, 1.807) is 0 Å². The number of pyridine rings is 1. The summed E-state index contributed by atoms with van der Waals surface area (Å²) in [4.78, 5) is 4.70. The number of hydrogen-bond acceptors (Lipinski definition) is 1. The lowest BCUT2D eigenvalue weighted by Crippen LogP contribution is -1.90. The molecular formula is C23H17N3. The molecule has 0 aliphatic rings. The van der Waals surface area contributed by atoms with Crippen LogP contribution >= 0.6 is 0 Å². The van der Waals surface area contributed by atoms with E-state index in [0.717, 1.165) is 5.52 Å². The third-order valence-corrected chi connectivity index (χ3v) is 5.73. The summed E-state index contributed by atoms with van der Waals surface area (Å²) in [6, 6.07) is 19.7. The molecule has 3 nitrogen and oxygen atoms in total. The fourth-order valence-electron chi connectivity index (χ4n) is 4.52. The molecule has 0 fully saturated rings. The maximum atomic E-state index is 4.70. The first-order valence-electron chi connectivity index (χ1n) is 8.86. The smallest absolute Gasteiger partial charge is 0.0802 e. The molecule has 26 heavy (non-hydrogen) atoms. The molecule has 0 saturated heterocycles. The van der Waals surface area contributed by atoms with Crippen molar-refractivity contribution >= 4 is 54.4 Å². The molecule has 3 heteroatoms. The van der Waals surface area contributed by atoms with Crippen molar-refractivity contribution in [1.29, 1.82) is 0 Å². The van der Waals surface area contributed by atoms with Crippen molar-refractivity contribution in [3.63, 3.8) is 0 Å². The second kappa shape index (κ2) is 4.64. The van der Waals surface area contributed by atoms with Gasteiger partial charge in [-0.3, -0.25) is 4.98 Å². The van der Waals surface area contributed by atoms with Gasteiger partial charge >= 0.3 is 0 Å². The van der Waals surface area contributed by atoms with E-state index in [9.17, 15) is 0 Å². The summed E-state index contributed by atoms with van der Waals surface area (Å²) < 4.78 is 4.50. The average Bonchev–Trinajstić information content (AvgIpc) is 3.20. The van der Waals surface area contributed by atoms with Crippen molar-refractivity contribution < 1.29 is 0 Å². The molecule has 3 heterocycles. The van der Waals surface area contributed by atoms with Crippen molar-refractivity contribution in [2.24, 2.45) is 14.1 Å². The van der Waals surface area contributed by atoms with Crippen LogP contribution in [0.2, 0.25) is 0 Å². The van der Waals surface area contributed by atoms with Gasteiger partial charge in [0, 0.05) is 64.5 Å². The van der Waals surface area contributed by atoms with Gasteiger partial charge in [-0.05, 0) is 35.7 Å². The number of rotatable bonds is 0. The van der Waals surface area contributed by atoms with Gasteiger partial charge in [0.1, 0.15) is 0 Å². The number of nitrogens with zero attached hydrogens (tertiary/aromatic N) is 3. The zero-order chi connectivity index (χ0) is 17.4. The van der Waals surface area contributed by atoms with E-state index in [2.05, 4.69) is 78.0 Å². The Balaban J connectivity index is 1.99. The Hall–Kier alpha value is -3.33. The molecule has 0 aliphatic heterocycles. The quantitative estimate of drug-likeness (QED) is 0.335. The minimum atomic E-state index is 1.08. The Morgan fingerprint density at radius 1 is 0.692 bits per heavy atom. The fourth-order valence-corrected chi connectivity index (χ4v) is 4.52. The minimum Gasteiger partial charge on any atom is -0.350 e. The summed E-state index contributed by atoms with van der Waals surface area (Å²) in [7, 11) is 4.27. The van der Waals surface area contributed by atoms with Crippen LogP contribution in [0, 0.1) is 0 Å². The molecule has 0 atom stereocenters. The zero-order valence-corrected chi connectivity index (χ0v) is 14.7. The number of hydrogen-bond donors (Lipinski definition) is 0. The van der Waals surface area contributed by atoms with E-state index >= 15 is 0 Å². The van der Waals surface area contributed by atoms with Crippen LogP contribution in [0.5, 0.6) is 0 Å². The SMILES string of the molecule is Cn1ccc2c3ncccc3c3cc4c(cc3c21)c1ccccc1n4C. The highest BCUT2D eigenvalue weighted by atomic mass is 14.9. The average molecular weight is 335 g/mol. The first kappa shape index (κ1) is 13.9. The van der Waals surface area contributed by atoms with Crippen LogP contribution in [0.1, 0.15) is 0 Å². The first-order valence-corrected chi connectivity index (χ1v) is 8.86. The highest BCUT2D eigenvalue weighted by Gasteiger charge is 2.15. The maximum absolute atomic E-state index is 4.70. The molecule has 3 aromatic heterocycles. The summed E-state index contributed by atoms with van der Waals surface area (Å²) in [5, 5.41) is 7.60. The minimum absolute atomic E-state index is 1.08. The van der Waals surface area contributed by atoms with Gasteiger partial charge in [0.15, 0.2) is 0 Å². The molecule has 0 unspecified atom stereocenters. The Labute approximate surface area is 150 Å². The highest BCUT2D eigenvalue weighted by molar-refractivity contribution is 6.27. The van der Waals surface area contributed by atoms with Gasteiger partial charge in [-0.15, -0.1) is 0 Å². The Bertz CT molecular complexity index is 1500. The van der Waals surface area contributed by atoms with E-state index in [1.807, 2.05) is 12.3 Å².